The fourth-order valence-electron chi connectivity index (χ4n) is 3.94. The zero-order valence-electron chi connectivity index (χ0n) is 19.6. The Bertz CT molecular complexity index is 731. The van der Waals surface area contributed by atoms with E-state index in [-0.39, 0.29) is 0 Å². The van der Waals surface area contributed by atoms with Crippen molar-refractivity contribution in [3.8, 4) is 34.1 Å². The molecular formula is C26H38O4. The summed E-state index contributed by atoms with van der Waals surface area (Å²) in [4.78, 5) is 0. The average Bonchev–Trinajstić information content (AvgIpc) is 2.78. The lowest BCUT2D eigenvalue weighted by molar-refractivity contribution is 0.390. The molecule has 0 N–H and O–H groups in total. The summed E-state index contributed by atoms with van der Waals surface area (Å²) < 4.78 is 22.9. The first kappa shape index (κ1) is 23.9. The van der Waals surface area contributed by atoms with Crippen LogP contribution >= 0.6 is 0 Å². The third-order valence-corrected chi connectivity index (χ3v) is 5.58. The van der Waals surface area contributed by atoms with Crippen molar-refractivity contribution in [2.75, 3.05) is 28.4 Å². The molecule has 0 aromatic heterocycles. The molecule has 0 aliphatic heterocycles. The van der Waals surface area contributed by atoms with Crippen molar-refractivity contribution in [2.45, 2.75) is 65.2 Å². The van der Waals surface area contributed by atoms with Crippen LogP contribution in [0.1, 0.15) is 63.5 Å². The van der Waals surface area contributed by atoms with Crippen molar-refractivity contribution in [2.24, 2.45) is 0 Å². The van der Waals surface area contributed by atoms with Gasteiger partial charge in [-0.25, -0.2) is 0 Å². The molecular weight excluding hydrogens is 376 g/mol. The second kappa shape index (κ2) is 12.4. The van der Waals surface area contributed by atoms with Gasteiger partial charge in [-0.1, -0.05) is 39.5 Å². The summed E-state index contributed by atoms with van der Waals surface area (Å²) in [7, 11) is 6.85. The largest absolute Gasteiger partial charge is 0.497 e. The first-order chi connectivity index (χ1) is 14.6. The fraction of sp³-hybridized carbons (Fsp3) is 0.538. The Balaban J connectivity index is 2.72. The Morgan fingerprint density at radius 1 is 0.533 bits per heavy atom. The van der Waals surface area contributed by atoms with Gasteiger partial charge in [0.1, 0.15) is 23.0 Å². The molecule has 0 bridgehead atoms. The molecule has 4 nitrogen and oxygen atoms in total. The molecule has 0 radical (unpaired) electrons. The standard InChI is InChI=1S/C26H38O4/c1-7-9-11-13-19-15-21(27-3)17-23(29-5)25(19)26-20(14-12-10-8-2)16-22(28-4)18-24(26)30-6/h15-18H,7-14H2,1-6H3. The number of hydrogen-bond donors (Lipinski definition) is 0. The van der Waals surface area contributed by atoms with Gasteiger partial charge in [0, 0.05) is 23.3 Å². The van der Waals surface area contributed by atoms with E-state index in [1.165, 1.54) is 36.8 Å². The van der Waals surface area contributed by atoms with Gasteiger partial charge >= 0.3 is 0 Å². The average molecular weight is 415 g/mol. The van der Waals surface area contributed by atoms with Gasteiger partial charge in [0.15, 0.2) is 0 Å². The molecule has 0 spiro atoms. The lowest BCUT2D eigenvalue weighted by atomic mass is 9.89. The predicted octanol–water partition coefficient (Wildman–Crippen LogP) is 6.85. The summed E-state index contributed by atoms with van der Waals surface area (Å²) in [5.74, 6) is 3.28. The van der Waals surface area contributed by atoms with E-state index < -0.39 is 0 Å². The summed E-state index contributed by atoms with van der Waals surface area (Å²) in [6, 6.07) is 8.23. The second-order valence-corrected chi connectivity index (χ2v) is 7.64. The lowest BCUT2D eigenvalue weighted by Gasteiger charge is -2.22. The Kier molecular flexibility index (Phi) is 9.85. The van der Waals surface area contributed by atoms with Gasteiger partial charge in [0.25, 0.3) is 0 Å². The van der Waals surface area contributed by atoms with E-state index in [1.807, 2.05) is 12.1 Å². The van der Waals surface area contributed by atoms with E-state index >= 15 is 0 Å². The van der Waals surface area contributed by atoms with Crippen LogP contribution in [0.15, 0.2) is 24.3 Å². The molecule has 2 aromatic rings. The topological polar surface area (TPSA) is 36.9 Å². The Hall–Kier alpha value is -2.36. The Morgan fingerprint density at radius 3 is 1.23 bits per heavy atom. The highest BCUT2D eigenvalue weighted by molar-refractivity contribution is 5.83. The monoisotopic (exact) mass is 414 g/mol. The molecule has 0 heterocycles. The van der Waals surface area contributed by atoms with Crippen molar-refractivity contribution in [1.29, 1.82) is 0 Å². The van der Waals surface area contributed by atoms with Crippen LogP contribution in [0.2, 0.25) is 0 Å². The van der Waals surface area contributed by atoms with E-state index in [2.05, 4.69) is 26.0 Å². The van der Waals surface area contributed by atoms with Crippen LogP contribution in [0.5, 0.6) is 23.0 Å². The highest BCUT2D eigenvalue weighted by Crippen LogP contribution is 2.45. The van der Waals surface area contributed by atoms with Crippen LogP contribution < -0.4 is 18.9 Å². The molecule has 0 saturated heterocycles. The summed E-state index contributed by atoms with van der Waals surface area (Å²) >= 11 is 0. The number of methoxy groups -OCH3 is 4. The Labute approximate surface area is 182 Å². The van der Waals surface area contributed by atoms with Crippen molar-refractivity contribution in [3.63, 3.8) is 0 Å². The minimum atomic E-state index is 0.820. The quantitative estimate of drug-likeness (QED) is 0.336. The van der Waals surface area contributed by atoms with Crippen molar-refractivity contribution < 1.29 is 18.9 Å². The molecule has 0 aliphatic carbocycles. The number of aryl methyl sites for hydroxylation is 2. The first-order valence-corrected chi connectivity index (χ1v) is 11.1. The van der Waals surface area contributed by atoms with Gasteiger partial charge in [0.05, 0.1) is 28.4 Å². The zero-order chi connectivity index (χ0) is 21.9. The van der Waals surface area contributed by atoms with Crippen molar-refractivity contribution in [3.05, 3.63) is 35.4 Å². The smallest absolute Gasteiger partial charge is 0.130 e. The molecule has 0 saturated carbocycles. The molecule has 0 atom stereocenters. The molecule has 2 aromatic carbocycles. The number of unbranched alkanes of at least 4 members (excludes halogenated alkanes) is 4. The predicted molar refractivity (Wildman–Crippen MR) is 125 cm³/mol. The molecule has 166 valence electrons. The van der Waals surface area contributed by atoms with Gasteiger partial charge in [-0.05, 0) is 48.9 Å². The number of benzene rings is 2. The Morgan fingerprint density at radius 2 is 0.933 bits per heavy atom. The molecule has 2 rings (SSSR count). The van der Waals surface area contributed by atoms with E-state index in [9.17, 15) is 0 Å². The van der Waals surface area contributed by atoms with Crippen LogP contribution in [0, 0.1) is 0 Å². The number of hydrogen-bond acceptors (Lipinski definition) is 4. The molecule has 30 heavy (non-hydrogen) atoms. The molecule has 0 unspecified atom stereocenters. The van der Waals surface area contributed by atoms with Gasteiger partial charge < -0.3 is 18.9 Å². The van der Waals surface area contributed by atoms with Gasteiger partial charge in [-0.3, -0.25) is 0 Å². The number of rotatable bonds is 13. The van der Waals surface area contributed by atoms with Crippen LogP contribution in [-0.2, 0) is 12.8 Å². The first-order valence-electron chi connectivity index (χ1n) is 11.1. The third kappa shape index (κ3) is 5.84. The minimum Gasteiger partial charge on any atom is -0.497 e. The second-order valence-electron chi connectivity index (χ2n) is 7.64. The van der Waals surface area contributed by atoms with Crippen LogP contribution in [0.3, 0.4) is 0 Å². The maximum atomic E-state index is 5.86. The maximum Gasteiger partial charge on any atom is 0.130 e. The van der Waals surface area contributed by atoms with E-state index in [0.717, 1.165) is 59.8 Å². The highest BCUT2D eigenvalue weighted by atomic mass is 16.5. The minimum absolute atomic E-state index is 0.820. The van der Waals surface area contributed by atoms with Crippen molar-refractivity contribution >= 4 is 0 Å². The summed E-state index contributed by atoms with van der Waals surface area (Å²) in [5, 5.41) is 0. The van der Waals surface area contributed by atoms with Crippen LogP contribution in [0.25, 0.3) is 11.1 Å². The van der Waals surface area contributed by atoms with E-state index in [0.29, 0.717) is 0 Å². The number of ether oxygens (including phenoxy) is 4. The van der Waals surface area contributed by atoms with Gasteiger partial charge in [-0.15, -0.1) is 0 Å². The van der Waals surface area contributed by atoms with E-state index in [1.54, 1.807) is 28.4 Å². The highest BCUT2D eigenvalue weighted by Gasteiger charge is 2.22. The molecule has 4 heteroatoms. The molecule has 0 fully saturated rings. The summed E-state index contributed by atoms with van der Waals surface area (Å²) in [5.41, 5.74) is 4.69. The summed E-state index contributed by atoms with van der Waals surface area (Å²) in [6.45, 7) is 4.46. The van der Waals surface area contributed by atoms with Gasteiger partial charge in [-0.2, -0.15) is 0 Å². The third-order valence-electron chi connectivity index (χ3n) is 5.58. The lowest BCUT2D eigenvalue weighted by Crippen LogP contribution is -2.03. The zero-order valence-corrected chi connectivity index (χ0v) is 19.6. The van der Waals surface area contributed by atoms with Crippen LogP contribution in [0.4, 0.5) is 0 Å². The van der Waals surface area contributed by atoms with Gasteiger partial charge in [0.2, 0.25) is 0 Å². The van der Waals surface area contributed by atoms with Crippen molar-refractivity contribution in [1.82, 2.24) is 0 Å². The SMILES string of the molecule is CCCCCc1cc(OC)cc(OC)c1-c1c(CCCCC)cc(OC)cc1OC. The normalized spacial score (nSPS) is 10.7. The van der Waals surface area contributed by atoms with Crippen LogP contribution in [-0.4, -0.2) is 28.4 Å². The fourth-order valence-corrected chi connectivity index (χ4v) is 3.94. The molecule has 0 amide bonds. The summed E-state index contributed by atoms with van der Waals surface area (Å²) in [6.07, 6.45) is 8.97. The maximum absolute atomic E-state index is 5.86. The molecule has 0 aliphatic rings. The van der Waals surface area contributed by atoms with E-state index in [4.69, 9.17) is 18.9 Å².